The molecule has 2 unspecified atom stereocenters. The van der Waals surface area contributed by atoms with Gasteiger partial charge < -0.3 is 5.32 Å². The highest BCUT2D eigenvalue weighted by molar-refractivity contribution is 5.88. The van der Waals surface area contributed by atoms with Crippen molar-refractivity contribution >= 4 is 11.7 Å². The molecule has 2 rings (SSSR count). The van der Waals surface area contributed by atoms with Gasteiger partial charge >= 0.3 is 0 Å². The minimum atomic E-state index is -0.355. The molecule has 0 bridgehead atoms. The molecule has 2 atom stereocenters. The Labute approximate surface area is 107 Å². The summed E-state index contributed by atoms with van der Waals surface area (Å²) in [6.45, 7) is 2.22. The molecule has 1 aliphatic carbocycles. The molecule has 18 heavy (non-hydrogen) atoms. The zero-order chi connectivity index (χ0) is 13.1. The van der Waals surface area contributed by atoms with Crippen LogP contribution in [0.2, 0.25) is 0 Å². The van der Waals surface area contributed by atoms with Gasteiger partial charge in [0, 0.05) is 19.0 Å². The highest BCUT2D eigenvalue weighted by atomic mass is 16.2. The summed E-state index contributed by atoms with van der Waals surface area (Å²) in [4.78, 5) is 23.8. The number of hydrogen-bond donors (Lipinski definition) is 3. The number of likely N-dealkylation sites (N-methyl/N-ethyl adjacent to an activating group) is 1. The second-order valence-corrected chi connectivity index (χ2v) is 5.33. The van der Waals surface area contributed by atoms with E-state index in [0.717, 1.165) is 25.7 Å². The first-order valence-corrected chi connectivity index (χ1v) is 6.63. The van der Waals surface area contributed by atoms with Crippen LogP contribution in [0.25, 0.3) is 0 Å². The molecule has 0 spiro atoms. The molecule has 6 nitrogen and oxygen atoms in total. The molecule has 3 N–H and O–H groups in total. The number of hydrogen-bond acceptors (Lipinski definition) is 5. The summed E-state index contributed by atoms with van der Waals surface area (Å²) in [5, 5.41) is 4.64. The van der Waals surface area contributed by atoms with E-state index in [-0.39, 0.29) is 29.7 Å². The van der Waals surface area contributed by atoms with Gasteiger partial charge in [0.1, 0.15) is 6.04 Å². The number of nitrogens with one attached hydrogen (secondary N) is 3. The number of carbonyl (C=O) groups is 2. The Balaban J connectivity index is 1.85. The fraction of sp³-hybridized carbons (Fsp3) is 0.833. The summed E-state index contributed by atoms with van der Waals surface area (Å²) < 4.78 is 0. The normalized spacial score (nSPS) is 28.3. The molecular weight excluding hydrogens is 232 g/mol. The van der Waals surface area contributed by atoms with Crippen LogP contribution in [0.15, 0.2) is 0 Å². The molecule has 2 aliphatic rings. The Morgan fingerprint density at radius 2 is 2.11 bits per heavy atom. The predicted molar refractivity (Wildman–Crippen MR) is 67.3 cm³/mol. The van der Waals surface area contributed by atoms with E-state index in [1.165, 1.54) is 0 Å². The van der Waals surface area contributed by atoms with E-state index in [2.05, 4.69) is 16.3 Å². The lowest BCUT2D eigenvalue weighted by atomic mass is 10.0. The molecule has 2 fully saturated rings. The van der Waals surface area contributed by atoms with Crippen LogP contribution in [0.1, 0.15) is 32.6 Å². The average Bonchev–Trinajstić information content (AvgIpc) is 2.81. The van der Waals surface area contributed by atoms with Crippen molar-refractivity contribution in [3.63, 3.8) is 0 Å². The maximum absolute atomic E-state index is 12.0. The van der Waals surface area contributed by atoms with Crippen LogP contribution >= 0.6 is 0 Å². The minimum absolute atomic E-state index is 0.0912. The highest BCUT2D eigenvalue weighted by Crippen LogP contribution is 2.24. The number of rotatable bonds is 3. The molecule has 6 heteroatoms. The third-order valence-electron chi connectivity index (χ3n) is 3.75. The van der Waals surface area contributed by atoms with Crippen LogP contribution in [0.3, 0.4) is 0 Å². The van der Waals surface area contributed by atoms with Crippen LogP contribution in [0.5, 0.6) is 0 Å². The van der Waals surface area contributed by atoms with Gasteiger partial charge in [-0.15, -0.1) is 0 Å². The van der Waals surface area contributed by atoms with E-state index in [4.69, 9.17) is 0 Å². The first-order valence-electron chi connectivity index (χ1n) is 6.63. The zero-order valence-electron chi connectivity index (χ0n) is 11.0. The summed E-state index contributed by atoms with van der Waals surface area (Å²) in [6.07, 6.45) is 4.23. The second kappa shape index (κ2) is 5.77. The summed E-state index contributed by atoms with van der Waals surface area (Å²) in [5.41, 5.74) is 5.82. The molecule has 102 valence electrons. The lowest BCUT2D eigenvalue weighted by Gasteiger charge is -2.33. The Morgan fingerprint density at radius 3 is 2.72 bits per heavy atom. The predicted octanol–water partition coefficient (Wildman–Crippen LogP) is -0.426. The maximum atomic E-state index is 12.0. The van der Waals surface area contributed by atoms with Crippen molar-refractivity contribution in [1.82, 2.24) is 21.3 Å². The van der Waals surface area contributed by atoms with Crippen LogP contribution in [0, 0.1) is 5.92 Å². The van der Waals surface area contributed by atoms with Gasteiger partial charge in [0.15, 0.2) is 5.78 Å². The highest BCUT2D eigenvalue weighted by Gasteiger charge is 2.32. The summed E-state index contributed by atoms with van der Waals surface area (Å²) >= 11 is 0. The third kappa shape index (κ3) is 3.07. The number of ketones is 1. The number of amides is 1. The molecular formula is C12H22N4O2. The first-order chi connectivity index (χ1) is 8.58. The van der Waals surface area contributed by atoms with E-state index in [1.807, 2.05) is 6.92 Å². The van der Waals surface area contributed by atoms with E-state index < -0.39 is 0 Å². The van der Waals surface area contributed by atoms with Crippen molar-refractivity contribution in [3.8, 4) is 0 Å². The Kier molecular flexibility index (Phi) is 4.31. The van der Waals surface area contributed by atoms with Crippen LogP contribution in [0.4, 0.5) is 0 Å². The summed E-state index contributed by atoms with van der Waals surface area (Å²) in [6, 6.07) is -0.543. The van der Waals surface area contributed by atoms with E-state index in [9.17, 15) is 9.59 Å². The fourth-order valence-corrected chi connectivity index (χ4v) is 2.65. The van der Waals surface area contributed by atoms with Crippen molar-refractivity contribution in [2.75, 3.05) is 13.6 Å². The monoisotopic (exact) mass is 254 g/mol. The Hall–Kier alpha value is -0.980. The third-order valence-corrected chi connectivity index (χ3v) is 3.75. The topological polar surface area (TPSA) is 73.5 Å². The van der Waals surface area contributed by atoms with E-state index in [0.29, 0.717) is 6.54 Å². The van der Waals surface area contributed by atoms with Crippen molar-refractivity contribution in [1.29, 1.82) is 0 Å². The second-order valence-electron chi connectivity index (χ2n) is 5.33. The van der Waals surface area contributed by atoms with Gasteiger partial charge in [0.2, 0.25) is 5.91 Å². The Morgan fingerprint density at radius 1 is 1.44 bits per heavy atom. The van der Waals surface area contributed by atoms with Crippen molar-refractivity contribution < 1.29 is 9.59 Å². The largest absolute Gasteiger partial charge is 0.351 e. The standard InChI is InChI=1S/C12H22N4O2/c1-8(11-10(17)7-16(2)15-14-11)13-12(18)9-5-3-4-6-9/h8-9,11,14-15H,3-7H2,1-2H3,(H,13,18). The number of Topliss-reactive ketones (excluding diaryl/α,β-unsaturated/α-hetero) is 1. The minimum Gasteiger partial charge on any atom is -0.351 e. The van der Waals surface area contributed by atoms with Crippen molar-refractivity contribution in [3.05, 3.63) is 0 Å². The molecule has 1 saturated carbocycles. The fourth-order valence-electron chi connectivity index (χ4n) is 2.65. The van der Waals surface area contributed by atoms with Gasteiger partial charge in [-0.25, -0.2) is 10.4 Å². The van der Waals surface area contributed by atoms with Gasteiger partial charge in [-0.2, -0.15) is 5.53 Å². The lowest BCUT2D eigenvalue weighted by Crippen LogP contribution is -2.66. The first kappa shape index (κ1) is 13.5. The SMILES string of the molecule is CC(NC(=O)C1CCCC1)C1NNN(C)CC1=O. The quantitative estimate of drug-likeness (QED) is 0.637. The molecule has 1 aliphatic heterocycles. The van der Waals surface area contributed by atoms with E-state index in [1.54, 1.807) is 12.1 Å². The average molecular weight is 254 g/mol. The zero-order valence-corrected chi connectivity index (χ0v) is 11.0. The van der Waals surface area contributed by atoms with Gasteiger partial charge in [-0.1, -0.05) is 12.8 Å². The van der Waals surface area contributed by atoms with Crippen LogP contribution in [-0.4, -0.2) is 42.4 Å². The number of carbonyl (C=O) groups excluding carboxylic acids is 2. The van der Waals surface area contributed by atoms with Crippen molar-refractivity contribution in [2.45, 2.75) is 44.7 Å². The van der Waals surface area contributed by atoms with Gasteiger partial charge in [-0.05, 0) is 19.8 Å². The number of nitrogens with zero attached hydrogens (tertiary/aromatic N) is 1. The summed E-state index contributed by atoms with van der Waals surface area (Å²) in [5.74, 6) is 0.325. The molecule has 0 aromatic rings. The maximum Gasteiger partial charge on any atom is 0.223 e. The summed E-state index contributed by atoms with van der Waals surface area (Å²) in [7, 11) is 1.79. The lowest BCUT2D eigenvalue weighted by molar-refractivity contribution is -0.129. The number of hydrazine groups is 2. The molecule has 1 heterocycles. The van der Waals surface area contributed by atoms with Crippen molar-refractivity contribution in [2.24, 2.45) is 5.92 Å². The van der Waals surface area contributed by atoms with Gasteiger partial charge in [0.25, 0.3) is 0 Å². The smallest absolute Gasteiger partial charge is 0.223 e. The molecule has 0 aromatic carbocycles. The van der Waals surface area contributed by atoms with E-state index >= 15 is 0 Å². The molecule has 1 saturated heterocycles. The molecule has 0 aromatic heterocycles. The van der Waals surface area contributed by atoms with Crippen LogP contribution < -0.4 is 16.3 Å². The van der Waals surface area contributed by atoms with Gasteiger partial charge in [0.05, 0.1) is 6.54 Å². The Bertz CT molecular complexity index is 328. The van der Waals surface area contributed by atoms with Gasteiger partial charge in [-0.3, -0.25) is 9.59 Å². The molecule has 1 amide bonds. The van der Waals surface area contributed by atoms with Crippen LogP contribution in [-0.2, 0) is 9.59 Å². The molecule has 0 radical (unpaired) electrons.